The van der Waals surface area contributed by atoms with Gasteiger partial charge >= 0.3 is 5.97 Å². The first-order chi connectivity index (χ1) is 14.1. The van der Waals surface area contributed by atoms with E-state index in [2.05, 4.69) is 13.8 Å². The molecule has 168 valence electrons. The molecular formula is C24H37NO5. The van der Waals surface area contributed by atoms with E-state index >= 15 is 0 Å². The molecule has 1 aliphatic heterocycles. The maximum absolute atomic E-state index is 13.0. The summed E-state index contributed by atoms with van der Waals surface area (Å²) in [6, 6.07) is 5.56. The lowest BCUT2D eigenvalue weighted by atomic mass is 9.82. The van der Waals surface area contributed by atoms with Gasteiger partial charge in [0.05, 0.1) is 11.8 Å². The van der Waals surface area contributed by atoms with E-state index < -0.39 is 23.3 Å². The van der Waals surface area contributed by atoms with Crippen molar-refractivity contribution in [1.29, 1.82) is 0 Å². The standard InChI is InChI=1S/C24H37NO5/c1-16(2)9-7-6-8-10-18(23(27)30-24(3,4)5)19(22(25)26)13-17-11-12-20-21(14-17)29-15-28-20/h11-12,14,16,18-19H,6-10,13,15H2,1-5H3,(H2,25,26)/t18?,19-/m0/s1. The Morgan fingerprint density at radius 2 is 1.70 bits per heavy atom. The fourth-order valence-corrected chi connectivity index (χ4v) is 3.72. The molecule has 0 aliphatic carbocycles. The molecule has 0 radical (unpaired) electrons. The van der Waals surface area contributed by atoms with Gasteiger partial charge in [-0.3, -0.25) is 9.59 Å². The van der Waals surface area contributed by atoms with E-state index in [1.165, 1.54) is 0 Å². The van der Waals surface area contributed by atoms with Gasteiger partial charge in [-0.05, 0) is 57.2 Å². The SMILES string of the molecule is CC(C)CCCCCC(C(=O)OC(C)(C)C)[C@H](Cc1ccc2c(c1)OCO2)C(N)=O. The average molecular weight is 420 g/mol. The number of carbonyl (C=O) groups is 2. The van der Waals surface area contributed by atoms with Crippen LogP contribution in [0.3, 0.4) is 0 Å². The second-order valence-corrected chi connectivity index (χ2v) is 9.57. The number of benzene rings is 1. The van der Waals surface area contributed by atoms with Crippen LogP contribution in [0.25, 0.3) is 0 Å². The Labute approximate surface area is 180 Å². The third-order valence-electron chi connectivity index (χ3n) is 5.25. The quantitative estimate of drug-likeness (QED) is 0.417. The van der Waals surface area contributed by atoms with Gasteiger partial charge in [-0.15, -0.1) is 0 Å². The van der Waals surface area contributed by atoms with Crippen molar-refractivity contribution in [3.63, 3.8) is 0 Å². The highest BCUT2D eigenvalue weighted by molar-refractivity contribution is 5.84. The lowest BCUT2D eigenvalue weighted by Gasteiger charge is -2.28. The highest BCUT2D eigenvalue weighted by Gasteiger charge is 2.35. The van der Waals surface area contributed by atoms with Gasteiger partial charge in [0, 0.05) is 0 Å². The number of primary amides is 1. The van der Waals surface area contributed by atoms with Crippen LogP contribution in [0.2, 0.25) is 0 Å². The van der Waals surface area contributed by atoms with Gasteiger partial charge in [0.1, 0.15) is 5.60 Å². The molecule has 30 heavy (non-hydrogen) atoms. The Balaban J connectivity index is 2.13. The number of hydrogen-bond donors (Lipinski definition) is 1. The normalized spacial score (nSPS) is 15.1. The van der Waals surface area contributed by atoms with Crippen LogP contribution in [-0.4, -0.2) is 24.3 Å². The van der Waals surface area contributed by atoms with Crippen molar-refractivity contribution in [3.05, 3.63) is 23.8 Å². The Morgan fingerprint density at radius 1 is 1.03 bits per heavy atom. The fraction of sp³-hybridized carbons (Fsp3) is 0.667. The molecule has 1 aliphatic rings. The summed E-state index contributed by atoms with van der Waals surface area (Å²) in [7, 11) is 0. The van der Waals surface area contributed by atoms with Crippen LogP contribution in [0.1, 0.15) is 72.3 Å². The number of nitrogens with two attached hydrogens (primary N) is 1. The zero-order valence-corrected chi connectivity index (χ0v) is 19.0. The van der Waals surface area contributed by atoms with Crippen molar-refractivity contribution in [3.8, 4) is 11.5 Å². The van der Waals surface area contributed by atoms with Gasteiger partial charge in [0.15, 0.2) is 11.5 Å². The summed E-state index contributed by atoms with van der Waals surface area (Å²) >= 11 is 0. The first-order valence-electron chi connectivity index (χ1n) is 11.0. The number of amides is 1. The summed E-state index contributed by atoms with van der Waals surface area (Å²) in [5.74, 6) is -0.0319. The van der Waals surface area contributed by atoms with Gasteiger partial charge in [0.25, 0.3) is 0 Å². The van der Waals surface area contributed by atoms with E-state index in [0.29, 0.717) is 30.3 Å². The predicted molar refractivity (Wildman–Crippen MR) is 116 cm³/mol. The van der Waals surface area contributed by atoms with Gasteiger partial charge in [-0.1, -0.05) is 45.6 Å². The topological polar surface area (TPSA) is 87.8 Å². The van der Waals surface area contributed by atoms with Crippen molar-refractivity contribution in [2.24, 2.45) is 23.5 Å². The van der Waals surface area contributed by atoms with E-state index in [0.717, 1.165) is 31.2 Å². The lowest BCUT2D eigenvalue weighted by molar-refractivity contribution is -0.164. The molecule has 0 fully saturated rings. The molecule has 6 heteroatoms. The first kappa shape index (κ1) is 24.0. The number of rotatable bonds is 11. The summed E-state index contributed by atoms with van der Waals surface area (Å²) in [5, 5.41) is 0. The lowest BCUT2D eigenvalue weighted by Crippen LogP contribution is -2.39. The zero-order valence-electron chi connectivity index (χ0n) is 19.0. The number of carbonyl (C=O) groups excluding carboxylic acids is 2. The molecule has 0 spiro atoms. The summed E-state index contributed by atoms with van der Waals surface area (Å²) in [6.45, 7) is 10.1. The minimum absolute atomic E-state index is 0.189. The highest BCUT2D eigenvalue weighted by atomic mass is 16.7. The highest BCUT2D eigenvalue weighted by Crippen LogP contribution is 2.34. The van der Waals surface area contributed by atoms with Gasteiger partial charge < -0.3 is 19.9 Å². The molecule has 2 N–H and O–H groups in total. The first-order valence-corrected chi connectivity index (χ1v) is 11.0. The summed E-state index contributed by atoms with van der Waals surface area (Å²) in [4.78, 5) is 25.4. The smallest absolute Gasteiger partial charge is 0.310 e. The van der Waals surface area contributed by atoms with Crippen molar-refractivity contribution in [2.45, 2.75) is 78.7 Å². The Hall–Kier alpha value is -2.24. The minimum Gasteiger partial charge on any atom is -0.460 e. The predicted octanol–water partition coefficient (Wildman–Crippen LogP) is 4.62. The fourth-order valence-electron chi connectivity index (χ4n) is 3.72. The molecule has 0 bridgehead atoms. The molecule has 1 heterocycles. The third kappa shape index (κ3) is 7.54. The van der Waals surface area contributed by atoms with E-state index in [1.54, 1.807) is 0 Å². The Kier molecular flexibility index (Phi) is 8.56. The van der Waals surface area contributed by atoms with Crippen molar-refractivity contribution in [2.75, 3.05) is 6.79 Å². The molecule has 1 unspecified atom stereocenters. The molecule has 1 amide bonds. The van der Waals surface area contributed by atoms with Crippen LogP contribution in [0, 0.1) is 17.8 Å². The summed E-state index contributed by atoms with van der Waals surface area (Å²) in [5.41, 5.74) is 6.04. The zero-order chi connectivity index (χ0) is 22.3. The monoisotopic (exact) mass is 419 g/mol. The van der Waals surface area contributed by atoms with Crippen LogP contribution in [0.4, 0.5) is 0 Å². The van der Waals surface area contributed by atoms with Crippen LogP contribution in [-0.2, 0) is 20.7 Å². The number of ether oxygens (including phenoxy) is 3. The van der Waals surface area contributed by atoms with Crippen LogP contribution >= 0.6 is 0 Å². The van der Waals surface area contributed by atoms with Crippen LogP contribution in [0.5, 0.6) is 11.5 Å². The van der Waals surface area contributed by atoms with Crippen molar-refractivity contribution >= 4 is 11.9 Å². The van der Waals surface area contributed by atoms with Crippen LogP contribution in [0.15, 0.2) is 18.2 Å². The van der Waals surface area contributed by atoms with E-state index in [-0.39, 0.29) is 12.8 Å². The second-order valence-electron chi connectivity index (χ2n) is 9.57. The average Bonchev–Trinajstić information content (AvgIpc) is 3.09. The minimum atomic E-state index is -0.634. The number of esters is 1. The molecule has 0 saturated carbocycles. The number of fused-ring (bicyclic) bond motifs is 1. The molecule has 1 aromatic rings. The van der Waals surface area contributed by atoms with E-state index in [1.807, 2.05) is 39.0 Å². The number of hydrogen-bond acceptors (Lipinski definition) is 5. The summed E-state index contributed by atoms with van der Waals surface area (Å²) in [6.07, 6.45) is 5.11. The second kappa shape index (κ2) is 10.7. The maximum Gasteiger partial charge on any atom is 0.310 e. The molecule has 0 saturated heterocycles. The van der Waals surface area contributed by atoms with Crippen molar-refractivity contribution < 1.29 is 23.8 Å². The molecule has 2 rings (SSSR count). The molecule has 1 aromatic carbocycles. The molecule has 6 nitrogen and oxygen atoms in total. The van der Waals surface area contributed by atoms with Gasteiger partial charge in [0.2, 0.25) is 12.7 Å². The molecule has 0 aromatic heterocycles. The van der Waals surface area contributed by atoms with Gasteiger partial charge in [-0.25, -0.2) is 0 Å². The number of unbranched alkanes of at least 4 members (excludes halogenated alkanes) is 2. The van der Waals surface area contributed by atoms with E-state index in [9.17, 15) is 9.59 Å². The molecular weight excluding hydrogens is 382 g/mol. The Bertz CT molecular complexity index is 723. The van der Waals surface area contributed by atoms with Gasteiger partial charge in [-0.2, -0.15) is 0 Å². The van der Waals surface area contributed by atoms with Crippen LogP contribution < -0.4 is 15.2 Å². The molecule has 2 atom stereocenters. The third-order valence-corrected chi connectivity index (χ3v) is 5.25. The van der Waals surface area contributed by atoms with Crippen molar-refractivity contribution in [1.82, 2.24) is 0 Å². The maximum atomic E-state index is 13.0. The van der Waals surface area contributed by atoms with E-state index in [4.69, 9.17) is 19.9 Å². The Morgan fingerprint density at radius 3 is 2.33 bits per heavy atom. The summed E-state index contributed by atoms with van der Waals surface area (Å²) < 4.78 is 16.4. The largest absolute Gasteiger partial charge is 0.460 e.